The van der Waals surface area contributed by atoms with Crippen molar-refractivity contribution in [3.63, 3.8) is 0 Å². The Hall–Kier alpha value is -3.76. The van der Waals surface area contributed by atoms with Crippen molar-refractivity contribution in [1.29, 1.82) is 0 Å². The van der Waals surface area contributed by atoms with Crippen molar-refractivity contribution < 1.29 is 17.6 Å². The summed E-state index contributed by atoms with van der Waals surface area (Å²) >= 11 is 3.57. The molecule has 0 saturated heterocycles. The number of benzene rings is 3. The van der Waals surface area contributed by atoms with Crippen LogP contribution in [0.3, 0.4) is 0 Å². The summed E-state index contributed by atoms with van der Waals surface area (Å²) in [6, 6.07) is 21.3. The first kappa shape index (κ1) is 27.3. The van der Waals surface area contributed by atoms with Crippen LogP contribution in [0.1, 0.15) is 22.5 Å². The van der Waals surface area contributed by atoms with Crippen LogP contribution >= 0.6 is 15.9 Å². The fourth-order valence-electron chi connectivity index (χ4n) is 4.05. The van der Waals surface area contributed by atoms with Crippen molar-refractivity contribution in [2.75, 3.05) is 10.8 Å². The lowest BCUT2D eigenvalue weighted by Crippen LogP contribution is -2.40. The van der Waals surface area contributed by atoms with Crippen molar-refractivity contribution in [3.8, 4) is 5.69 Å². The monoisotopic (exact) mass is 596 g/mol. The van der Waals surface area contributed by atoms with Gasteiger partial charge in [-0.3, -0.25) is 9.10 Å². The van der Waals surface area contributed by atoms with Crippen LogP contribution in [-0.4, -0.2) is 31.7 Å². The van der Waals surface area contributed by atoms with Gasteiger partial charge in [-0.05, 0) is 79.2 Å². The predicted octanol–water partition coefficient (Wildman–Crippen LogP) is 5.65. The van der Waals surface area contributed by atoms with E-state index in [2.05, 4.69) is 31.0 Å². The minimum absolute atomic E-state index is 0.0535. The Balaban J connectivity index is 1.57. The maximum atomic E-state index is 14.7. The average Bonchev–Trinajstić information content (AvgIpc) is 3.16. The summed E-state index contributed by atoms with van der Waals surface area (Å²) in [6.07, 6.45) is 1.50. The minimum atomic E-state index is -4.24. The molecule has 1 amide bonds. The van der Waals surface area contributed by atoms with Gasteiger partial charge in [-0.25, -0.2) is 18.2 Å². The number of aromatic nitrogens is 1. The molecule has 0 spiro atoms. The molecular weight excluding hydrogens is 571 g/mol. The maximum Gasteiger partial charge on any atom is 0.264 e. The summed E-state index contributed by atoms with van der Waals surface area (Å²) in [6.45, 7) is 5.06. The zero-order chi connectivity index (χ0) is 27.4. The highest BCUT2D eigenvalue weighted by atomic mass is 79.9. The number of nitrogens with zero attached hydrogens (tertiary/aromatic N) is 3. The standard InChI is InChI=1S/C28H26BrFN4O3S/c1-19-12-14-23(15-13-19)38(36,37)33(27-11-7-5-9-25(27)30)18-28(35)32-31-17-22-16-20(2)34(21(22)3)26-10-6-4-8-24(26)29/h4-17H,18H2,1-3H3,(H,32,35)/b31-17-. The lowest BCUT2D eigenvalue weighted by atomic mass is 10.2. The van der Waals surface area contributed by atoms with Crippen LogP contribution in [0.4, 0.5) is 10.1 Å². The number of para-hydroxylation sites is 2. The van der Waals surface area contributed by atoms with Gasteiger partial charge in [0.2, 0.25) is 0 Å². The van der Waals surface area contributed by atoms with Crippen LogP contribution in [0.2, 0.25) is 0 Å². The Bertz CT molecular complexity index is 1620. The van der Waals surface area contributed by atoms with Gasteiger partial charge in [0.05, 0.1) is 22.5 Å². The van der Waals surface area contributed by atoms with E-state index in [1.165, 1.54) is 36.5 Å². The Labute approximate surface area is 229 Å². The predicted molar refractivity (Wildman–Crippen MR) is 151 cm³/mol. The van der Waals surface area contributed by atoms with Crippen LogP contribution in [0.15, 0.2) is 93.3 Å². The number of halogens is 2. The molecule has 0 atom stereocenters. The first-order valence-electron chi connectivity index (χ1n) is 11.7. The first-order valence-corrected chi connectivity index (χ1v) is 13.9. The molecule has 0 aliphatic rings. The Kier molecular flexibility index (Phi) is 8.13. The second-order valence-corrected chi connectivity index (χ2v) is 11.4. The number of aryl methyl sites for hydroxylation is 2. The molecule has 10 heteroatoms. The Morgan fingerprint density at radius 3 is 2.37 bits per heavy atom. The van der Waals surface area contributed by atoms with Crippen molar-refractivity contribution in [2.24, 2.45) is 5.10 Å². The molecule has 0 bridgehead atoms. The summed E-state index contributed by atoms with van der Waals surface area (Å²) in [4.78, 5) is 12.8. The summed E-state index contributed by atoms with van der Waals surface area (Å²) in [5, 5.41) is 4.04. The SMILES string of the molecule is Cc1ccc(S(=O)(=O)N(CC(=O)N/N=C\c2cc(C)n(-c3ccccc3Br)c2C)c2ccccc2F)cc1. The second kappa shape index (κ2) is 11.3. The summed E-state index contributed by atoms with van der Waals surface area (Å²) in [5.41, 5.74) is 6.62. The van der Waals surface area contributed by atoms with E-state index in [0.29, 0.717) is 0 Å². The quantitative estimate of drug-likeness (QED) is 0.211. The topological polar surface area (TPSA) is 83.8 Å². The maximum absolute atomic E-state index is 14.7. The van der Waals surface area contributed by atoms with Crippen molar-refractivity contribution in [3.05, 3.63) is 112 Å². The largest absolute Gasteiger partial charge is 0.317 e. The highest BCUT2D eigenvalue weighted by Gasteiger charge is 2.29. The highest BCUT2D eigenvalue weighted by Crippen LogP contribution is 2.27. The van der Waals surface area contributed by atoms with Gasteiger partial charge < -0.3 is 4.57 Å². The number of hydrazone groups is 1. The van der Waals surface area contributed by atoms with Crippen molar-refractivity contribution in [1.82, 2.24) is 9.99 Å². The van der Waals surface area contributed by atoms with Gasteiger partial charge in [0, 0.05) is 21.4 Å². The number of carbonyl (C=O) groups excluding carboxylic acids is 1. The van der Waals surface area contributed by atoms with Gasteiger partial charge in [0.1, 0.15) is 12.4 Å². The van der Waals surface area contributed by atoms with E-state index in [1.54, 1.807) is 12.1 Å². The number of hydrogen-bond acceptors (Lipinski definition) is 4. The van der Waals surface area contributed by atoms with Gasteiger partial charge in [-0.2, -0.15) is 5.10 Å². The molecule has 1 heterocycles. The van der Waals surface area contributed by atoms with Gasteiger partial charge in [0.25, 0.3) is 15.9 Å². The van der Waals surface area contributed by atoms with Crippen LogP contribution in [0.25, 0.3) is 5.69 Å². The van der Waals surface area contributed by atoms with E-state index in [1.807, 2.05) is 51.1 Å². The van der Waals surface area contributed by atoms with Gasteiger partial charge >= 0.3 is 0 Å². The molecule has 3 aromatic carbocycles. The van der Waals surface area contributed by atoms with Crippen LogP contribution in [-0.2, 0) is 14.8 Å². The normalized spacial score (nSPS) is 11.6. The second-order valence-electron chi connectivity index (χ2n) is 8.68. The van der Waals surface area contributed by atoms with Crippen molar-refractivity contribution in [2.45, 2.75) is 25.7 Å². The molecule has 4 rings (SSSR count). The fraction of sp³-hybridized carbons (Fsp3) is 0.143. The molecule has 1 aromatic heterocycles. The molecule has 0 aliphatic heterocycles. The summed E-state index contributed by atoms with van der Waals surface area (Å²) in [7, 11) is -4.24. The Morgan fingerprint density at radius 2 is 1.68 bits per heavy atom. The van der Waals surface area contributed by atoms with E-state index in [-0.39, 0.29) is 10.6 Å². The number of amides is 1. The third-order valence-electron chi connectivity index (χ3n) is 5.97. The van der Waals surface area contributed by atoms with E-state index < -0.39 is 28.3 Å². The molecule has 7 nitrogen and oxygen atoms in total. The molecule has 1 N–H and O–H groups in total. The zero-order valence-corrected chi connectivity index (χ0v) is 23.4. The van der Waals surface area contributed by atoms with Crippen molar-refractivity contribution >= 4 is 43.8 Å². The number of rotatable bonds is 8. The van der Waals surface area contributed by atoms with E-state index in [0.717, 1.165) is 43.0 Å². The van der Waals surface area contributed by atoms with Crippen LogP contribution in [0, 0.1) is 26.6 Å². The van der Waals surface area contributed by atoms with Gasteiger partial charge in [-0.15, -0.1) is 0 Å². The lowest BCUT2D eigenvalue weighted by molar-refractivity contribution is -0.119. The van der Waals surface area contributed by atoms with Gasteiger partial charge in [-0.1, -0.05) is 42.0 Å². The third-order valence-corrected chi connectivity index (χ3v) is 8.42. The van der Waals surface area contributed by atoms with Crippen LogP contribution in [0.5, 0.6) is 0 Å². The van der Waals surface area contributed by atoms with E-state index in [4.69, 9.17) is 0 Å². The average molecular weight is 598 g/mol. The third kappa shape index (κ3) is 5.71. The summed E-state index contributed by atoms with van der Waals surface area (Å²) in [5.74, 6) is -1.49. The minimum Gasteiger partial charge on any atom is -0.317 e. The van der Waals surface area contributed by atoms with E-state index >= 15 is 0 Å². The zero-order valence-electron chi connectivity index (χ0n) is 21.0. The highest BCUT2D eigenvalue weighted by molar-refractivity contribution is 9.10. The number of nitrogens with one attached hydrogen (secondary N) is 1. The molecule has 0 fully saturated rings. The van der Waals surface area contributed by atoms with E-state index in [9.17, 15) is 17.6 Å². The number of carbonyl (C=O) groups is 1. The fourth-order valence-corrected chi connectivity index (χ4v) is 5.94. The lowest BCUT2D eigenvalue weighted by Gasteiger charge is -2.24. The molecule has 0 aliphatic carbocycles. The smallest absolute Gasteiger partial charge is 0.264 e. The Morgan fingerprint density at radius 1 is 1.03 bits per heavy atom. The molecule has 0 unspecified atom stereocenters. The number of hydrogen-bond donors (Lipinski definition) is 1. The molecule has 4 aromatic rings. The first-order chi connectivity index (χ1) is 18.1. The molecule has 0 saturated carbocycles. The molecule has 38 heavy (non-hydrogen) atoms. The summed E-state index contributed by atoms with van der Waals surface area (Å²) < 4.78 is 45.2. The van der Waals surface area contributed by atoms with Gasteiger partial charge in [0.15, 0.2) is 0 Å². The van der Waals surface area contributed by atoms with Crippen LogP contribution < -0.4 is 9.73 Å². The molecule has 196 valence electrons. The molecular formula is C28H26BrFN4O3S. The number of sulfonamides is 1. The number of anilines is 1. The molecule has 0 radical (unpaired) electrons.